The highest BCUT2D eigenvalue weighted by molar-refractivity contribution is 5.40. The molecule has 0 saturated heterocycles. The van der Waals surface area contributed by atoms with Crippen LogP contribution in [0.4, 0.5) is 0 Å². The Morgan fingerprint density at radius 2 is 2.37 bits per heavy atom. The van der Waals surface area contributed by atoms with Crippen molar-refractivity contribution in [2.45, 2.75) is 25.8 Å². The summed E-state index contributed by atoms with van der Waals surface area (Å²) < 4.78 is 10.2. The summed E-state index contributed by atoms with van der Waals surface area (Å²) in [4.78, 5) is 4.00. The predicted octanol–water partition coefficient (Wildman–Crippen LogP) is 1.90. The number of aromatic nitrogens is 2. The minimum absolute atomic E-state index is 0.304. The summed E-state index contributed by atoms with van der Waals surface area (Å²) in [7, 11) is 0. The van der Waals surface area contributed by atoms with Crippen molar-refractivity contribution >= 4 is 0 Å². The van der Waals surface area contributed by atoms with Gasteiger partial charge in [0.1, 0.15) is 5.75 Å². The van der Waals surface area contributed by atoms with E-state index in [-0.39, 0.29) is 0 Å². The fourth-order valence-corrected chi connectivity index (χ4v) is 2.30. The van der Waals surface area contributed by atoms with Crippen molar-refractivity contribution in [3.63, 3.8) is 0 Å². The van der Waals surface area contributed by atoms with Crippen LogP contribution in [0.25, 0.3) is 0 Å². The molecule has 1 atom stereocenters. The first kappa shape index (κ1) is 12.2. The fourth-order valence-electron chi connectivity index (χ4n) is 2.30. The fraction of sp³-hybridized carbons (Fsp3) is 0.429. The number of benzene rings is 1. The second kappa shape index (κ2) is 5.40. The molecule has 1 aliphatic rings. The molecular formula is C14H17N3O2. The molecule has 0 radical (unpaired) electrons. The lowest BCUT2D eigenvalue weighted by atomic mass is 10.0. The molecule has 2 heterocycles. The van der Waals surface area contributed by atoms with Crippen LogP contribution in [0.1, 0.15) is 29.9 Å². The van der Waals surface area contributed by atoms with E-state index in [1.807, 2.05) is 0 Å². The Kier molecular flexibility index (Phi) is 3.46. The lowest BCUT2D eigenvalue weighted by Gasteiger charge is -2.14. The van der Waals surface area contributed by atoms with Crippen LogP contribution >= 0.6 is 0 Å². The molecule has 0 aliphatic carbocycles. The first-order valence-corrected chi connectivity index (χ1v) is 6.57. The molecule has 0 spiro atoms. The monoisotopic (exact) mass is 259 g/mol. The van der Waals surface area contributed by atoms with E-state index in [2.05, 4.69) is 40.6 Å². The van der Waals surface area contributed by atoms with Gasteiger partial charge in [-0.3, -0.25) is 0 Å². The van der Waals surface area contributed by atoms with Gasteiger partial charge >= 0.3 is 0 Å². The van der Waals surface area contributed by atoms with E-state index in [0.717, 1.165) is 37.6 Å². The minimum atomic E-state index is 0.304. The van der Waals surface area contributed by atoms with Crippen molar-refractivity contribution < 1.29 is 9.26 Å². The standard InChI is InChI=1S/C14H17N3O2/c1-10(15-6-4-14-16-9-19-17-14)11-2-3-13-12(8-11)5-7-18-13/h2-3,8-10,15H,4-7H2,1H3. The number of fused-ring (bicyclic) bond motifs is 1. The Balaban J connectivity index is 1.56. The van der Waals surface area contributed by atoms with Gasteiger partial charge < -0.3 is 14.6 Å². The van der Waals surface area contributed by atoms with Crippen LogP contribution in [0.15, 0.2) is 29.1 Å². The minimum Gasteiger partial charge on any atom is -0.493 e. The van der Waals surface area contributed by atoms with Gasteiger partial charge in [-0.25, -0.2) is 0 Å². The third kappa shape index (κ3) is 2.76. The van der Waals surface area contributed by atoms with Gasteiger partial charge in [0.15, 0.2) is 5.82 Å². The molecular weight excluding hydrogens is 242 g/mol. The molecule has 19 heavy (non-hydrogen) atoms. The smallest absolute Gasteiger partial charge is 0.213 e. The number of hydrogen-bond acceptors (Lipinski definition) is 5. The molecule has 0 fully saturated rings. The molecule has 0 amide bonds. The van der Waals surface area contributed by atoms with E-state index in [0.29, 0.717) is 6.04 Å². The molecule has 3 rings (SSSR count). The van der Waals surface area contributed by atoms with Gasteiger partial charge in [-0.15, -0.1) is 0 Å². The van der Waals surface area contributed by atoms with Gasteiger partial charge in [0.2, 0.25) is 6.39 Å². The van der Waals surface area contributed by atoms with E-state index < -0.39 is 0 Å². The zero-order chi connectivity index (χ0) is 13.1. The largest absolute Gasteiger partial charge is 0.493 e. The summed E-state index contributed by atoms with van der Waals surface area (Å²) >= 11 is 0. The molecule has 5 heteroatoms. The quantitative estimate of drug-likeness (QED) is 0.888. The normalized spacial score (nSPS) is 15.0. The van der Waals surface area contributed by atoms with Crippen molar-refractivity contribution in [3.05, 3.63) is 41.5 Å². The van der Waals surface area contributed by atoms with Gasteiger partial charge in [0.25, 0.3) is 0 Å². The van der Waals surface area contributed by atoms with Gasteiger partial charge in [0.05, 0.1) is 6.61 Å². The van der Waals surface area contributed by atoms with Crippen molar-refractivity contribution in [1.29, 1.82) is 0 Å². The Bertz CT molecular complexity index is 540. The molecule has 0 saturated carbocycles. The van der Waals surface area contributed by atoms with Crippen molar-refractivity contribution in [1.82, 2.24) is 15.5 Å². The predicted molar refractivity (Wildman–Crippen MR) is 70.1 cm³/mol. The lowest BCUT2D eigenvalue weighted by Crippen LogP contribution is -2.21. The Morgan fingerprint density at radius 3 is 3.21 bits per heavy atom. The molecule has 100 valence electrons. The van der Waals surface area contributed by atoms with Crippen molar-refractivity contribution in [3.8, 4) is 5.75 Å². The SMILES string of the molecule is CC(NCCc1ncon1)c1ccc2c(c1)CCO2. The maximum Gasteiger partial charge on any atom is 0.213 e. The Morgan fingerprint density at radius 1 is 1.42 bits per heavy atom. The summed E-state index contributed by atoms with van der Waals surface area (Å²) in [6.45, 7) is 3.79. The van der Waals surface area contributed by atoms with E-state index in [1.54, 1.807) is 0 Å². The number of nitrogens with zero attached hydrogens (tertiary/aromatic N) is 2. The van der Waals surface area contributed by atoms with Crippen molar-refractivity contribution in [2.24, 2.45) is 0 Å². The van der Waals surface area contributed by atoms with Gasteiger partial charge in [-0.2, -0.15) is 4.98 Å². The third-order valence-electron chi connectivity index (χ3n) is 3.42. The van der Waals surface area contributed by atoms with Crippen LogP contribution < -0.4 is 10.1 Å². The summed E-state index contributed by atoms with van der Waals surface area (Å²) in [5, 5.41) is 7.26. The topological polar surface area (TPSA) is 60.2 Å². The maximum absolute atomic E-state index is 5.52. The highest BCUT2D eigenvalue weighted by Gasteiger charge is 2.14. The van der Waals surface area contributed by atoms with Crippen LogP contribution in [0.5, 0.6) is 5.75 Å². The number of rotatable bonds is 5. The van der Waals surface area contributed by atoms with Gasteiger partial charge in [-0.1, -0.05) is 17.3 Å². The second-order valence-electron chi connectivity index (χ2n) is 4.74. The van der Waals surface area contributed by atoms with E-state index in [4.69, 9.17) is 9.26 Å². The third-order valence-corrected chi connectivity index (χ3v) is 3.42. The highest BCUT2D eigenvalue weighted by atomic mass is 16.5. The summed E-state index contributed by atoms with van der Waals surface area (Å²) in [6, 6.07) is 6.72. The van der Waals surface area contributed by atoms with E-state index >= 15 is 0 Å². The summed E-state index contributed by atoms with van der Waals surface area (Å²) in [5.74, 6) is 1.77. The van der Waals surface area contributed by atoms with Crippen LogP contribution in [0, 0.1) is 0 Å². The summed E-state index contributed by atoms with van der Waals surface area (Å²) in [6.07, 6.45) is 3.15. The molecule has 1 aromatic heterocycles. The van der Waals surface area contributed by atoms with E-state index in [1.165, 1.54) is 17.5 Å². The van der Waals surface area contributed by atoms with Gasteiger partial charge in [-0.05, 0) is 24.1 Å². The number of ether oxygens (including phenoxy) is 1. The molecule has 1 aromatic carbocycles. The molecule has 1 unspecified atom stereocenters. The number of nitrogens with one attached hydrogen (secondary N) is 1. The van der Waals surface area contributed by atoms with E-state index in [9.17, 15) is 0 Å². The van der Waals surface area contributed by atoms with Crippen LogP contribution in [-0.4, -0.2) is 23.3 Å². The molecule has 0 bridgehead atoms. The molecule has 1 N–H and O–H groups in total. The van der Waals surface area contributed by atoms with Crippen molar-refractivity contribution in [2.75, 3.05) is 13.2 Å². The van der Waals surface area contributed by atoms with Crippen LogP contribution in [0.3, 0.4) is 0 Å². The molecule has 1 aliphatic heterocycles. The van der Waals surface area contributed by atoms with Crippen LogP contribution in [-0.2, 0) is 12.8 Å². The summed E-state index contributed by atoms with van der Waals surface area (Å²) in [5.41, 5.74) is 2.60. The van der Waals surface area contributed by atoms with Crippen LogP contribution in [0.2, 0.25) is 0 Å². The molecule has 2 aromatic rings. The second-order valence-corrected chi connectivity index (χ2v) is 4.74. The Hall–Kier alpha value is -1.88. The highest BCUT2D eigenvalue weighted by Crippen LogP contribution is 2.27. The lowest BCUT2D eigenvalue weighted by molar-refractivity contribution is 0.356. The molecule has 5 nitrogen and oxygen atoms in total. The first-order valence-electron chi connectivity index (χ1n) is 6.57. The zero-order valence-corrected chi connectivity index (χ0v) is 10.9. The zero-order valence-electron chi connectivity index (χ0n) is 10.9. The average Bonchev–Trinajstić information content (AvgIpc) is 3.08. The first-order chi connectivity index (χ1) is 9.33. The van der Waals surface area contributed by atoms with Gasteiger partial charge in [0, 0.05) is 25.4 Å². The number of hydrogen-bond donors (Lipinski definition) is 1. The maximum atomic E-state index is 5.52. The Labute approximate surface area is 112 Å². The average molecular weight is 259 g/mol.